The first-order chi connectivity index (χ1) is 14.0. The van der Waals surface area contributed by atoms with Gasteiger partial charge in [-0.3, -0.25) is 4.79 Å². The van der Waals surface area contributed by atoms with Crippen molar-refractivity contribution in [2.75, 3.05) is 13.7 Å². The molecule has 10 heteroatoms. The fraction of sp³-hybridized carbons (Fsp3) is 0.700. The average Bonchev–Trinajstić information content (AvgIpc) is 2.66. The molecule has 3 saturated carbocycles. The van der Waals surface area contributed by atoms with E-state index in [0.717, 1.165) is 0 Å². The summed E-state index contributed by atoms with van der Waals surface area (Å²) in [5, 5.41) is 16.6. The number of hydrogen-bond acceptors (Lipinski definition) is 8. The van der Waals surface area contributed by atoms with Gasteiger partial charge in [0.25, 0.3) is 5.91 Å². The van der Waals surface area contributed by atoms with Crippen LogP contribution in [0, 0.1) is 0 Å². The molecular weight excluding hydrogens is 392 g/mol. The SMILES string of the molecule is COc1ncc(OCC(=O)NC23CCC(NC(=O)OC(C)(C)C)(CC2)[C@@H](O)C3)cn1. The summed E-state index contributed by atoms with van der Waals surface area (Å²) in [5.74, 6) is 0.0730. The summed E-state index contributed by atoms with van der Waals surface area (Å²) in [6, 6.07) is 0.215. The van der Waals surface area contributed by atoms with E-state index in [1.165, 1.54) is 19.5 Å². The Morgan fingerprint density at radius 2 is 1.80 bits per heavy atom. The highest BCUT2D eigenvalue weighted by Gasteiger charge is 2.55. The average molecular weight is 422 g/mol. The van der Waals surface area contributed by atoms with Crippen molar-refractivity contribution in [2.24, 2.45) is 0 Å². The number of methoxy groups -OCH3 is 1. The highest BCUT2D eigenvalue weighted by molar-refractivity contribution is 5.78. The predicted octanol–water partition coefficient (Wildman–Crippen LogP) is 1.32. The number of rotatable bonds is 6. The molecule has 0 saturated heterocycles. The van der Waals surface area contributed by atoms with Gasteiger partial charge >= 0.3 is 12.1 Å². The van der Waals surface area contributed by atoms with E-state index >= 15 is 0 Å². The third kappa shape index (κ3) is 5.10. The summed E-state index contributed by atoms with van der Waals surface area (Å²) in [5.41, 5.74) is -1.83. The van der Waals surface area contributed by atoms with Gasteiger partial charge in [0, 0.05) is 5.54 Å². The maximum atomic E-state index is 12.4. The van der Waals surface area contributed by atoms with Crippen LogP contribution in [0.2, 0.25) is 0 Å². The Kier molecular flexibility index (Phi) is 6.07. The summed E-state index contributed by atoms with van der Waals surface area (Å²) < 4.78 is 15.7. The molecule has 4 rings (SSSR count). The van der Waals surface area contributed by atoms with Gasteiger partial charge < -0.3 is 30.0 Å². The maximum absolute atomic E-state index is 12.4. The second-order valence-electron chi connectivity index (χ2n) is 9.03. The van der Waals surface area contributed by atoms with Crippen molar-refractivity contribution in [2.45, 2.75) is 75.7 Å². The molecule has 3 aliphatic rings. The normalized spacial score (nSPS) is 27.8. The van der Waals surface area contributed by atoms with Gasteiger partial charge in [-0.25, -0.2) is 4.79 Å². The fourth-order valence-corrected chi connectivity index (χ4v) is 4.13. The summed E-state index contributed by atoms with van der Waals surface area (Å²) in [4.78, 5) is 32.5. The Balaban J connectivity index is 1.53. The van der Waals surface area contributed by atoms with Crippen LogP contribution in [0.1, 0.15) is 52.9 Å². The molecule has 0 aromatic carbocycles. The van der Waals surface area contributed by atoms with Gasteiger partial charge in [-0.1, -0.05) is 0 Å². The van der Waals surface area contributed by atoms with E-state index in [1.807, 2.05) is 0 Å². The Morgan fingerprint density at radius 3 is 2.33 bits per heavy atom. The van der Waals surface area contributed by atoms with Crippen molar-refractivity contribution < 1.29 is 28.9 Å². The molecule has 3 N–H and O–H groups in total. The number of hydrogen-bond donors (Lipinski definition) is 3. The van der Waals surface area contributed by atoms with Crippen LogP contribution in [-0.2, 0) is 9.53 Å². The molecule has 10 nitrogen and oxygen atoms in total. The van der Waals surface area contributed by atoms with Gasteiger partial charge in [0.2, 0.25) is 0 Å². The van der Waals surface area contributed by atoms with Crippen LogP contribution in [0.15, 0.2) is 12.4 Å². The van der Waals surface area contributed by atoms with Crippen LogP contribution in [0.25, 0.3) is 0 Å². The number of aromatic nitrogens is 2. The zero-order chi connectivity index (χ0) is 22.0. The molecule has 166 valence electrons. The van der Waals surface area contributed by atoms with Gasteiger partial charge in [0.15, 0.2) is 12.4 Å². The van der Waals surface area contributed by atoms with E-state index in [-0.39, 0.29) is 18.5 Å². The number of nitrogens with one attached hydrogen (secondary N) is 2. The van der Waals surface area contributed by atoms with E-state index in [2.05, 4.69) is 20.6 Å². The highest BCUT2D eigenvalue weighted by Crippen LogP contribution is 2.47. The monoisotopic (exact) mass is 422 g/mol. The van der Waals surface area contributed by atoms with E-state index < -0.39 is 28.9 Å². The minimum atomic E-state index is -0.774. The fourth-order valence-electron chi connectivity index (χ4n) is 4.13. The first-order valence-corrected chi connectivity index (χ1v) is 10.0. The maximum Gasteiger partial charge on any atom is 0.408 e. The van der Waals surface area contributed by atoms with Crippen molar-refractivity contribution >= 4 is 12.0 Å². The van der Waals surface area contributed by atoms with Crippen LogP contribution in [0.4, 0.5) is 4.79 Å². The molecule has 0 aliphatic heterocycles. The molecule has 3 fully saturated rings. The second-order valence-corrected chi connectivity index (χ2v) is 9.03. The molecule has 0 spiro atoms. The van der Waals surface area contributed by atoms with Gasteiger partial charge in [0.1, 0.15) is 5.60 Å². The predicted molar refractivity (Wildman–Crippen MR) is 106 cm³/mol. The van der Waals surface area contributed by atoms with Crippen LogP contribution < -0.4 is 20.1 Å². The van der Waals surface area contributed by atoms with Crippen molar-refractivity contribution in [3.8, 4) is 11.8 Å². The number of carbonyl (C=O) groups is 2. The number of nitrogens with zero attached hydrogens (tertiary/aromatic N) is 2. The lowest BCUT2D eigenvalue weighted by Crippen LogP contribution is -2.70. The molecule has 1 heterocycles. The Labute approximate surface area is 175 Å². The molecule has 1 aromatic rings. The van der Waals surface area contributed by atoms with E-state index in [4.69, 9.17) is 14.2 Å². The van der Waals surface area contributed by atoms with Crippen molar-refractivity contribution in [1.29, 1.82) is 0 Å². The summed E-state index contributed by atoms with van der Waals surface area (Å²) in [7, 11) is 1.46. The van der Waals surface area contributed by atoms with Gasteiger partial charge in [-0.15, -0.1) is 0 Å². The Hall–Kier alpha value is -2.62. The molecule has 30 heavy (non-hydrogen) atoms. The number of alkyl carbamates (subject to hydrolysis) is 1. The van der Waals surface area contributed by atoms with Crippen LogP contribution in [-0.4, -0.2) is 63.6 Å². The summed E-state index contributed by atoms with van der Waals surface area (Å²) in [6.45, 7) is 5.20. The van der Waals surface area contributed by atoms with Crippen molar-refractivity contribution in [1.82, 2.24) is 20.6 Å². The highest BCUT2D eigenvalue weighted by atomic mass is 16.6. The van der Waals surface area contributed by atoms with Crippen LogP contribution >= 0.6 is 0 Å². The standard InChI is InChI=1S/C20H30N4O6/c1-18(2,3)30-17(27)24-20-7-5-19(6-8-20,9-14(20)25)23-15(26)12-29-13-10-21-16(28-4)22-11-13/h10-11,14,25H,5-9,12H2,1-4H3,(H,23,26)(H,24,27)/t14-,19?,20?/m0/s1. The molecule has 0 unspecified atom stereocenters. The number of amides is 2. The zero-order valence-corrected chi connectivity index (χ0v) is 17.9. The van der Waals surface area contributed by atoms with Crippen LogP contribution in [0.5, 0.6) is 11.8 Å². The molecule has 1 atom stereocenters. The number of aliphatic hydroxyl groups excluding tert-OH is 1. The lowest BCUT2D eigenvalue weighted by molar-refractivity contribution is -0.129. The van der Waals surface area contributed by atoms with Crippen molar-refractivity contribution in [3.05, 3.63) is 12.4 Å². The molecule has 2 amide bonds. The Morgan fingerprint density at radius 1 is 1.17 bits per heavy atom. The van der Waals surface area contributed by atoms with E-state index in [9.17, 15) is 14.7 Å². The van der Waals surface area contributed by atoms with Crippen molar-refractivity contribution in [3.63, 3.8) is 0 Å². The summed E-state index contributed by atoms with van der Waals surface area (Å²) >= 11 is 0. The largest absolute Gasteiger partial charge is 0.481 e. The lowest BCUT2D eigenvalue weighted by Gasteiger charge is -2.56. The quantitative estimate of drug-likeness (QED) is 0.625. The summed E-state index contributed by atoms with van der Waals surface area (Å²) in [6.07, 6.45) is 4.33. The molecule has 3 aliphatic carbocycles. The number of fused-ring (bicyclic) bond motifs is 3. The second kappa shape index (κ2) is 8.25. The number of aliphatic hydroxyl groups is 1. The van der Waals surface area contributed by atoms with Gasteiger partial charge in [-0.05, 0) is 52.9 Å². The molecule has 2 bridgehead atoms. The molecule has 1 aromatic heterocycles. The van der Waals surface area contributed by atoms with E-state index in [1.54, 1.807) is 20.8 Å². The first kappa shape index (κ1) is 22.1. The lowest BCUT2D eigenvalue weighted by atomic mass is 9.60. The number of carbonyl (C=O) groups excluding carboxylic acids is 2. The topological polar surface area (TPSA) is 132 Å². The first-order valence-electron chi connectivity index (χ1n) is 10.0. The smallest absolute Gasteiger partial charge is 0.408 e. The third-order valence-corrected chi connectivity index (χ3v) is 5.63. The molecule has 0 radical (unpaired) electrons. The third-order valence-electron chi connectivity index (χ3n) is 5.63. The zero-order valence-electron chi connectivity index (χ0n) is 17.9. The number of ether oxygens (including phenoxy) is 3. The Bertz CT molecular complexity index is 768. The van der Waals surface area contributed by atoms with Crippen LogP contribution in [0.3, 0.4) is 0 Å². The van der Waals surface area contributed by atoms with E-state index in [0.29, 0.717) is 37.9 Å². The molecular formula is C20H30N4O6. The van der Waals surface area contributed by atoms with Gasteiger partial charge in [0.05, 0.1) is 31.1 Å². The minimum Gasteiger partial charge on any atom is -0.481 e. The van der Waals surface area contributed by atoms with Gasteiger partial charge in [-0.2, -0.15) is 9.97 Å². The minimum absolute atomic E-state index is 0.186.